The minimum atomic E-state index is -1.11. The summed E-state index contributed by atoms with van der Waals surface area (Å²) in [5.41, 5.74) is 6.32. The Morgan fingerprint density at radius 3 is 2.62 bits per heavy atom. The predicted octanol–water partition coefficient (Wildman–Crippen LogP) is -0.305. The molecule has 0 fully saturated rings. The predicted molar refractivity (Wildman–Crippen MR) is 87.6 cm³/mol. The van der Waals surface area contributed by atoms with Crippen molar-refractivity contribution in [2.75, 3.05) is 12.3 Å². The number of aromatic nitrogens is 1. The van der Waals surface area contributed by atoms with Crippen molar-refractivity contribution in [3.63, 3.8) is 0 Å². The average molecular weight is 332 g/mol. The van der Waals surface area contributed by atoms with E-state index < -0.39 is 17.9 Å². The highest BCUT2D eigenvalue weighted by Crippen LogP contribution is 2.00. The van der Waals surface area contributed by atoms with E-state index in [-0.39, 0.29) is 25.2 Å². The molecule has 24 heavy (non-hydrogen) atoms. The SMILES string of the molecule is C#CC(CC(=O)O)NC(=O)CCC(=O)NCCc1cccc(N)n1. The van der Waals surface area contributed by atoms with Gasteiger partial charge in [-0.05, 0) is 12.1 Å². The van der Waals surface area contributed by atoms with Gasteiger partial charge in [0.1, 0.15) is 11.9 Å². The van der Waals surface area contributed by atoms with Gasteiger partial charge in [0.25, 0.3) is 0 Å². The molecular weight excluding hydrogens is 312 g/mol. The van der Waals surface area contributed by atoms with Gasteiger partial charge < -0.3 is 21.5 Å². The molecule has 0 aromatic carbocycles. The smallest absolute Gasteiger partial charge is 0.306 e. The summed E-state index contributed by atoms with van der Waals surface area (Å²) in [6.07, 6.45) is 5.22. The molecule has 1 rings (SSSR count). The fourth-order valence-corrected chi connectivity index (χ4v) is 1.88. The molecule has 128 valence electrons. The second-order valence-corrected chi connectivity index (χ2v) is 5.04. The first kappa shape index (κ1) is 19.0. The summed E-state index contributed by atoms with van der Waals surface area (Å²) in [7, 11) is 0. The number of nitrogens with zero attached hydrogens (tertiary/aromatic N) is 1. The van der Waals surface area contributed by atoms with Crippen LogP contribution in [0.5, 0.6) is 0 Å². The highest BCUT2D eigenvalue weighted by atomic mass is 16.4. The van der Waals surface area contributed by atoms with Gasteiger partial charge in [-0.15, -0.1) is 6.42 Å². The maximum atomic E-state index is 11.7. The average Bonchev–Trinajstić information content (AvgIpc) is 2.52. The number of hydrogen-bond acceptors (Lipinski definition) is 5. The molecule has 0 aliphatic rings. The van der Waals surface area contributed by atoms with E-state index in [1.807, 2.05) is 0 Å². The van der Waals surface area contributed by atoms with E-state index in [1.165, 1.54) is 0 Å². The van der Waals surface area contributed by atoms with Crippen LogP contribution < -0.4 is 16.4 Å². The van der Waals surface area contributed by atoms with Gasteiger partial charge in [-0.1, -0.05) is 12.0 Å². The third-order valence-corrected chi connectivity index (χ3v) is 3.03. The van der Waals surface area contributed by atoms with Crippen molar-refractivity contribution in [3.8, 4) is 12.3 Å². The van der Waals surface area contributed by atoms with Crippen molar-refractivity contribution >= 4 is 23.6 Å². The fourth-order valence-electron chi connectivity index (χ4n) is 1.88. The second kappa shape index (κ2) is 9.84. The summed E-state index contributed by atoms with van der Waals surface area (Å²) in [4.78, 5) is 37.9. The first-order valence-corrected chi connectivity index (χ1v) is 7.36. The molecule has 5 N–H and O–H groups in total. The van der Waals surface area contributed by atoms with Gasteiger partial charge in [0.05, 0.1) is 6.42 Å². The van der Waals surface area contributed by atoms with Crippen LogP contribution in [-0.4, -0.2) is 40.5 Å². The molecule has 1 heterocycles. The molecule has 0 spiro atoms. The van der Waals surface area contributed by atoms with E-state index >= 15 is 0 Å². The summed E-state index contributed by atoms with van der Waals surface area (Å²) in [6.45, 7) is 0.378. The number of rotatable bonds is 9. The minimum Gasteiger partial charge on any atom is -0.481 e. The first-order valence-electron chi connectivity index (χ1n) is 7.36. The highest BCUT2D eigenvalue weighted by molar-refractivity contribution is 5.84. The molecule has 0 saturated carbocycles. The summed E-state index contributed by atoms with van der Waals surface area (Å²) in [6, 6.07) is 4.38. The molecule has 8 nitrogen and oxygen atoms in total. The van der Waals surface area contributed by atoms with Gasteiger partial charge in [-0.3, -0.25) is 14.4 Å². The Bertz CT molecular complexity index is 639. The molecule has 0 saturated heterocycles. The van der Waals surface area contributed by atoms with Crippen LogP contribution in [0.2, 0.25) is 0 Å². The zero-order valence-corrected chi connectivity index (χ0v) is 13.1. The van der Waals surface area contributed by atoms with Crippen molar-refractivity contribution in [1.29, 1.82) is 0 Å². The van der Waals surface area contributed by atoms with Gasteiger partial charge >= 0.3 is 5.97 Å². The molecule has 2 amide bonds. The van der Waals surface area contributed by atoms with Crippen molar-refractivity contribution in [3.05, 3.63) is 23.9 Å². The molecular formula is C16H20N4O4. The zero-order valence-electron chi connectivity index (χ0n) is 13.1. The van der Waals surface area contributed by atoms with Crippen molar-refractivity contribution in [2.45, 2.75) is 31.7 Å². The lowest BCUT2D eigenvalue weighted by atomic mass is 10.2. The Hall–Kier alpha value is -3.08. The number of carboxylic acids is 1. The number of nitrogens with two attached hydrogens (primary N) is 1. The van der Waals surface area contributed by atoms with Gasteiger partial charge in [0.2, 0.25) is 11.8 Å². The van der Waals surface area contributed by atoms with Gasteiger partial charge in [0, 0.05) is 31.5 Å². The molecule has 1 aromatic heterocycles. The van der Waals surface area contributed by atoms with Crippen LogP contribution in [0.15, 0.2) is 18.2 Å². The Morgan fingerprint density at radius 2 is 2.00 bits per heavy atom. The number of nitrogen functional groups attached to an aromatic ring is 1. The summed E-state index contributed by atoms with van der Waals surface area (Å²) >= 11 is 0. The van der Waals surface area contributed by atoms with E-state index in [1.54, 1.807) is 18.2 Å². The first-order chi connectivity index (χ1) is 11.4. The highest BCUT2D eigenvalue weighted by Gasteiger charge is 2.14. The summed E-state index contributed by atoms with van der Waals surface area (Å²) in [5, 5.41) is 13.7. The van der Waals surface area contributed by atoms with Crippen LogP contribution in [0.4, 0.5) is 5.82 Å². The van der Waals surface area contributed by atoms with Crippen molar-refractivity contribution < 1.29 is 19.5 Å². The maximum Gasteiger partial charge on any atom is 0.306 e. The number of aliphatic carboxylic acids is 1. The minimum absolute atomic E-state index is 0.0133. The van der Waals surface area contributed by atoms with Gasteiger partial charge in [-0.2, -0.15) is 0 Å². The number of pyridine rings is 1. The largest absolute Gasteiger partial charge is 0.481 e. The van der Waals surface area contributed by atoms with Crippen LogP contribution in [-0.2, 0) is 20.8 Å². The van der Waals surface area contributed by atoms with Crippen molar-refractivity contribution in [2.24, 2.45) is 0 Å². The second-order valence-electron chi connectivity index (χ2n) is 5.04. The molecule has 0 aliphatic heterocycles. The van der Waals surface area contributed by atoms with E-state index in [0.29, 0.717) is 18.8 Å². The number of carbonyl (C=O) groups excluding carboxylic acids is 2. The lowest BCUT2D eigenvalue weighted by Crippen LogP contribution is -2.36. The molecule has 1 unspecified atom stereocenters. The van der Waals surface area contributed by atoms with E-state index in [2.05, 4.69) is 21.5 Å². The zero-order chi connectivity index (χ0) is 17.9. The van der Waals surface area contributed by atoms with Gasteiger partial charge in [0.15, 0.2) is 0 Å². The van der Waals surface area contributed by atoms with Crippen LogP contribution in [0.1, 0.15) is 25.0 Å². The number of hydrogen-bond donors (Lipinski definition) is 4. The van der Waals surface area contributed by atoms with E-state index in [4.69, 9.17) is 17.3 Å². The Kier molecular flexibility index (Phi) is 7.78. The number of carboxylic acid groups (broad SMARTS) is 1. The van der Waals surface area contributed by atoms with Gasteiger partial charge in [-0.25, -0.2) is 4.98 Å². The molecule has 1 aromatic rings. The molecule has 0 bridgehead atoms. The monoisotopic (exact) mass is 332 g/mol. The molecule has 8 heteroatoms. The van der Waals surface area contributed by atoms with Crippen LogP contribution in [0, 0.1) is 12.3 Å². The number of terminal acetylenes is 1. The Balaban J connectivity index is 2.24. The number of nitrogens with one attached hydrogen (secondary N) is 2. The van der Waals surface area contributed by atoms with Crippen LogP contribution in [0.25, 0.3) is 0 Å². The topological polar surface area (TPSA) is 134 Å². The summed E-state index contributed by atoms with van der Waals surface area (Å²) < 4.78 is 0. The maximum absolute atomic E-state index is 11.7. The quantitative estimate of drug-likeness (QED) is 0.458. The van der Waals surface area contributed by atoms with E-state index in [9.17, 15) is 14.4 Å². The fraction of sp³-hybridized carbons (Fsp3) is 0.375. The van der Waals surface area contributed by atoms with E-state index in [0.717, 1.165) is 5.69 Å². The van der Waals surface area contributed by atoms with Crippen LogP contribution in [0.3, 0.4) is 0 Å². The third kappa shape index (κ3) is 7.79. The normalized spacial score (nSPS) is 11.1. The number of carbonyl (C=O) groups is 3. The molecule has 0 radical (unpaired) electrons. The lowest BCUT2D eigenvalue weighted by molar-refractivity contribution is -0.137. The summed E-state index contributed by atoms with van der Waals surface area (Å²) in [5.74, 6) is 0.736. The third-order valence-electron chi connectivity index (χ3n) is 3.03. The molecule has 0 aliphatic carbocycles. The standard InChI is InChI=1S/C16H20N4O4/c1-2-11(10-16(23)24)20-15(22)7-6-14(21)18-9-8-12-4-3-5-13(17)19-12/h1,3-5,11H,6-10H2,(H2,17,19)(H,18,21)(H,20,22)(H,23,24). The Labute approximate surface area is 139 Å². The number of amides is 2. The molecule has 1 atom stereocenters. The number of anilines is 1. The lowest BCUT2D eigenvalue weighted by Gasteiger charge is -2.10. The van der Waals surface area contributed by atoms with Crippen molar-refractivity contribution in [1.82, 2.24) is 15.6 Å². The Morgan fingerprint density at radius 1 is 1.29 bits per heavy atom. The van der Waals surface area contributed by atoms with Crippen LogP contribution >= 0.6 is 0 Å².